The second kappa shape index (κ2) is 7.62. The summed E-state index contributed by atoms with van der Waals surface area (Å²) in [6.07, 6.45) is 3.60. The number of Topliss-reactive ketones (excluding diaryl/α,β-unsaturated/α-hetero) is 1. The first-order valence-corrected chi connectivity index (χ1v) is 9.83. The summed E-state index contributed by atoms with van der Waals surface area (Å²) in [6.45, 7) is -0.227. The predicted octanol–water partition coefficient (Wildman–Crippen LogP) is 3.44. The van der Waals surface area contributed by atoms with E-state index in [2.05, 4.69) is 5.32 Å². The van der Waals surface area contributed by atoms with Crippen LogP contribution in [0.3, 0.4) is 0 Å². The molecule has 2 aromatic carbocycles. The molecule has 148 valence electrons. The van der Waals surface area contributed by atoms with Crippen LogP contribution in [0, 0.1) is 5.41 Å². The largest absolute Gasteiger partial charge is 0.322 e. The number of carbonyl (C=O) groups excluding carboxylic acids is 4. The lowest BCUT2D eigenvalue weighted by atomic mass is 9.84. The average molecular weight is 390 g/mol. The molecule has 3 amide bonds. The summed E-state index contributed by atoms with van der Waals surface area (Å²) in [4.78, 5) is 51.0. The van der Waals surface area contributed by atoms with Crippen LogP contribution in [-0.2, 0) is 9.59 Å². The summed E-state index contributed by atoms with van der Waals surface area (Å²) in [5, 5.41) is 2.78. The maximum Gasteiger partial charge on any atom is 0.255 e. The van der Waals surface area contributed by atoms with Gasteiger partial charge >= 0.3 is 0 Å². The van der Waals surface area contributed by atoms with Crippen molar-refractivity contribution >= 4 is 29.2 Å². The third kappa shape index (κ3) is 3.70. The number of hydrogen-bond acceptors (Lipinski definition) is 4. The molecule has 6 nitrogen and oxygen atoms in total. The minimum absolute atomic E-state index is 0.194. The number of carbonyl (C=O) groups is 4. The molecule has 0 atom stereocenters. The van der Waals surface area contributed by atoms with Crippen LogP contribution in [0.1, 0.15) is 52.8 Å². The molecule has 1 saturated heterocycles. The Bertz CT molecular complexity index is 960. The lowest BCUT2D eigenvalue weighted by Crippen LogP contribution is -2.38. The van der Waals surface area contributed by atoms with E-state index in [1.54, 1.807) is 48.5 Å². The van der Waals surface area contributed by atoms with Crippen LogP contribution in [-0.4, -0.2) is 34.9 Å². The fourth-order valence-corrected chi connectivity index (χ4v) is 4.23. The van der Waals surface area contributed by atoms with Crippen molar-refractivity contribution in [2.24, 2.45) is 5.41 Å². The Morgan fingerprint density at radius 2 is 1.55 bits per heavy atom. The fraction of sp³-hybridized carbons (Fsp3) is 0.304. The molecule has 6 heteroatoms. The molecule has 29 heavy (non-hydrogen) atoms. The molecule has 0 bridgehead atoms. The van der Waals surface area contributed by atoms with Gasteiger partial charge < -0.3 is 5.32 Å². The van der Waals surface area contributed by atoms with Crippen LogP contribution in [0.2, 0.25) is 0 Å². The molecule has 1 N–H and O–H groups in total. The molecule has 4 rings (SSSR count). The topological polar surface area (TPSA) is 83.6 Å². The number of nitrogens with zero attached hydrogens (tertiary/aromatic N) is 1. The summed E-state index contributed by atoms with van der Waals surface area (Å²) >= 11 is 0. The zero-order valence-corrected chi connectivity index (χ0v) is 16.0. The molecular weight excluding hydrogens is 368 g/mol. The fourth-order valence-electron chi connectivity index (χ4n) is 4.23. The number of hydrogen-bond donors (Lipinski definition) is 1. The number of amides is 3. The van der Waals surface area contributed by atoms with Crippen molar-refractivity contribution < 1.29 is 19.2 Å². The van der Waals surface area contributed by atoms with Gasteiger partial charge in [0.25, 0.3) is 5.91 Å². The summed E-state index contributed by atoms with van der Waals surface area (Å²) < 4.78 is 0. The van der Waals surface area contributed by atoms with E-state index >= 15 is 0 Å². The van der Waals surface area contributed by atoms with Crippen molar-refractivity contribution in [1.29, 1.82) is 0 Å². The third-order valence-corrected chi connectivity index (χ3v) is 5.85. The zero-order valence-electron chi connectivity index (χ0n) is 16.0. The molecule has 2 aromatic rings. The smallest absolute Gasteiger partial charge is 0.255 e. The number of anilines is 1. The number of imide groups is 1. The van der Waals surface area contributed by atoms with Gasteiger partial charge in [0.2, 0.25) is 11.8 Å². The monoisotopic (exact) mass is 390 g/mol. The van der Waals surface area contributed by atoms with E-state index < -0.39 is 5.41 Å². The van der Waals surface area contributed by atoms with Gasteiger partial charge in [-0.05, 0) is 49.2 Å². The van der Waals surface area contributed by atoms with Crippen molar-refractivity contribution in [3.05, 3.63) is 65.7 Å². The molecule has 1 saturated carbocycles. The Kier molecular flexibility index (Phi) is 5.01. The van der Waals surface area contributed by atoms with Gasteiger partial charge in [0.15, 0.2) is 5.78 Å². The zero-order chi connectivity index (χ0) is 20.4. The van der Waals surface area contributed by atoms with E-state index in [-0.39, 0.29) is 36.5 Å². The van der Waals surface area contributed by atoms with Crippen molar-refractivity contribution in [1.82, 2.24) is 4.90 Å². The second-order valence-electron chi connectivity index (χ2n) is 7.77. The van der Waals surface area contributed by atoms with Crippen LogP contribution in [0.5, 0.6) is 0 Å². The Morgan fingerprint density at radius 3 is 2.21 bits per heavy atom. The summed E-state index contributed by atoms with van der Waals surface area (Å²) in [5.41, 5.74) is 0.937. The van der Waals surface area contributed by atoms with Crippen LogP contribution in [0.4, 0.5) is 5.69 Å². The molecule has 2 aliphatic rings. The van der Waals surface area contributed by atoms with Gasteiger partial charge in [-0.3, -0.25) is 24.1 Å². The Labute approximate surface area is 168 Å². The summed E-state index contributed by atoms with van der Waals surface area (Å²) in [5.74, 6) is -0.973. The highest BCUT2D eigenvalue weighted by atomic mass is 16.2. The average Bonchev–Trinajstić information content (AvgIpc) is 3.29. The van der Waals surface area contributed by atoms with Crippen LogP contribution in [0.15, 0.2) is 54.6 Å². The van der Waals surface area contributed by atoms with E-state index in [9.17, 15) is 19.2 Å². The Balaban J connectivity index is 1.40. The first-order chi connectivity index (χ1) is 14.0. The van der Waals surface area contributed by atoms with Crippen LogP contribution in [0.25, 0.3) is 0 Å². The van der Waals surface area contributed by atoms with Crippen LogP contribution >= 0.6 is 0 Å². The van der Waals surface area contributed by atoms with Crippen molar-refractivity contribution in [2.45, 2.75) is 32.1 Å². The van der Waals surface area contributed by atoms with Crippen molar-refractivity contribution in [2.75, 3.05) is 11.9 Å². The minimum atomic E-state index is -0.567. The molecule has 0 unspecified atom stereocenters. The SMILES string of the molecule is O=C(CN1C(=O)CC2(CCCC2)C1=O)c1ccc(NC(=O)c2ccccc2)cc1. The number of rotatable bonds is 5. The molecule has 1 aliphatic carbocycles. The first kappa shape index (κ1) is 19.1. The quantitative estimate of drug-likeness (QED) is 0.626. The standard InChI is InChI=1S/C23H22N2O4/c26-19(15-25-20(27)14-23(22(25)29)12-4-5-13-23)16-8-10-18(11-9-16)24-21(28)17-6-2-1-3-7-17/h1-3,6-11H,4-5,12-15H2,(H,24,28). The lowest BCUT2D eigenvalue weighted by Gasteiger charge is -2.20. The number of likely N-dealkylation sites (tertiary alicyclic amines) is 1. The minimum Gasteiger partial charge on any atom is -0.322 e. The highest BCUT2D eigenvalue weighted by Crippen LogP contribution is 2.46. The molecule has 1 heterocycles. The van der Waals surface area contributed by atoms with Gasteiger partial charge in [-0.25, -0.2) is 0 Å². The molecule has 2 fully saturated rings. The Hall–Kier alpha value is -3.28. The van der Waals surface area contributed by atoms with E-state index in [0.717, 1.165) is 30.6 Å². The van der Waals surface area contributed by atoms with Gasteiger partial charge in [0.05, 0.1) is 12.0 Å². The van der Waals surface area contributed by atoms with Gasteiger partial charge in [-0.2, -0.15) is 0 Å². The summed E-state index contributed by atoms with van der Waals surface area (Å²) in [6, 6.07) is 15.3. The molecule has 0 radical (unpaired) electrons. The van der Waals surface area contributed by atoms with E-state index in [4.69, 9.17) is 0 Å². The van der Waals surface area contributed by atoms with Gasteiger partial charge in [0, 0.05) is 23.2 Å². The number of benzene rings is 2. The van der Waals surface area contributed by atoms with E-state index in [1.165, 1.54) is 0 Å². The van der Waals surface area contributed by atoms with Gasteiger partial charge in [-0.1, -0.05) is 31.0 Å². The van der Waals surface area contributed by atoms with E-state index in [1.807, 2.05) is 6.07 Å². The molecule has 0 aromatic heterocycles. The molecule has 1 spiro atoms. The highest BCUT2D eigenvalue weighted by molar-refractivity contribution is 6.10. The lowest BCUT2D eigenvalue weighted by molar-refractivity contribution is -0.140. The van der Waals surface area contributed by atoms with Crippen LogP contribution < -0.4 is 5.32 Å². The van der Waals surface area contributed by atoms with Gasteiger partial charge in [0.1, 0.15) is 0 Å². The summed E-state index contributed by atoms with van der Waals surface area (Å²) in [7, 11) is 0. The number of ketones is 1. The van der Waals surface area contributed by atoms with Gasteiger partial charge in [-0.15, -0.1) is 0 Å². The maximum atomic E-state index is 12.7. The highest BCUT2D eigenvalue weighted by Gasteiger charge is 2.52. The maximum absolute atomic E-state index is 12.7. The Morgan fingerprint density at radius 1 is 0.897 bits per heavy atom. The molecule has 1 aliphatic heterocycles. The normalized spacial score (nSPS) is 17.7. The van der Waals surface area contributed by atoms with E-state index in [0.29, 0.717) is 16.8 Å². The van der Waals surface area contributed by atoms with Crippen molar-refractivity contribution in [3.63, 3.8) is 0 Å². The second-order valence-corrected chi connectivity index (χ2v) is 7.77. The third-order valence-electron chi connectivity index (χ3n) is 5.85. The first-order valence-electron chi connectivity index (χ1n) is 9.83. The number of nitrogens with one attached hydrogen (secondary N) is 1. The van der Waals surface area contributed by atoms with Crippen molar-refractivity contribution in [3.8, 4) is 0 Å². The predicted molar refractivity (Wildman–Crippen MR) is 107 cm³/mol. The molecular formula is C23H22N2O4.